The van der Waals surface area contributed by atoms with E-state index in [4.69, 9.17) is 24.2 Å². The number of hydrogen-bond acceptors (Lipinski definition) is 11. The smallest absolute Gasteiger partial charge is 0.324 e. The predicted molar refractivity (Wildman–Crippen MR) is 295 cm³/mol. The molecule has 2 fully saturated rings. The topological polar surface area (TPSA) is 160 Å². The van der Waals surface area contributed by atoms with Crippen molar-refractivity contribution >= 4 is 114 Å². The lowest BCUT2D eigenvalue weighted by atomic mass is 9.84. The molecule has 0 unspecified atom stereocenters. The number of thiazole rings is 1. The van der Waals surface area contributed by atoms with Gasteiger partial charge in [-0.25, -0.2) is 15.2 Å². The summed E-state index contributed by atoms with van der Waals surface area (Å²) < 4.78 is 19.7. The molecule has 380 valence electrons. The number of ether oxygens (including phenoxy) is 3. The summed E-state index contributed by atoms with van der Waals surface area (Å²) in [4.78, 5) is 69.5. The third-order valence-electron chi connectivity index (χ3n) is 13.0. The molecule has 2 N–H and O–H groups in total. The van der Waals surface area contributed by atoms with E-state index in [0.29, 0.717) is 50.4 Å². The lowest BCUT2D eigenvalue weighted by Crippen LogP contribution is -2.63. The highest BCUT2D eigenvalue weighted by Gasteiger charge is 2.41. The molecule has 7 rings (SSSR count). The summed E-state index contributed by atoms with van der Waals surface area (Å²) in [5, 5.41) is 8.18. The van der Waals surface area contributed by atoms with E-state index in [1.807, 2.05) is 39.1 Å². The van der Waals surface area contributed by atoms with Crippen molar-refractivity contribution in [1.29, 1.82) is 0 Å². The van der Waals surface area contributed by atoms with Gasteiger partial charge in [0.15, 0.2) is 0 Å². The number of esters is 1. The molecule has 5 atom stereocenters. The normalized spacial score (nSPS) is 19.5. The van der Waals surface area contributed by atoms with E-state index in [9.17, 15) is 19.2 Å². The zero-order valence-electron chi connectivity index (χ0n) is 40.9. The number of fused-ring (bicyclic) bond motifs is 6. The monoisotopic (exact) mass is 1050 g/mol. The third kappa shape index (κ3) is 12.8. The second-order valence-electron chi connectivity index (χ2n) is 18.5. The third-order valence-corrected chi connectivity index (χ3v) is 13.9. The molecule has 0 spiro atoms. The van der Waals surface area contributed by atoms with E-state index in [1.54, 1.807) is 32.4 Å². The van der Waals surface area contributed by atoms with Gasteiger partial charge in [0.1, 0.15) is 18.1 Å². The van der Waals surface area contributed by atoms with E-state index < -0.39 is 41.3 Å². The van der Waals surface area contributed by atoms with Crippen molar-refractivity contribution < 1.29 is 33.4 Å². The molecular weight excluding hydrogens is 981 g/mol. The average Bonchev–Trinajstić information content (AvgIpc) is 3.85. The molecular formula is C47H74N8O7S6. The first kappa shape index (κ1) is 61.0. The molecule has 3 aromatic heterocycles. The van der Waals surface area contributed by atoms with Crippen LogP contribution in [-0.2, 0) is 48.0 Å². The Labute approximate surface area is 440 Å². The van der Waals surface area contributed by atoms with Gasteiger partial charge in [-0.2, -0.15) is 67.5 Å². The van der Waals surface area contributed by atoms with E-state index in [2.05, 4.69) is 60.3 Å². The Balaban J connectivity index is 0.00000317. The summed E-state index contributed by atoms with van der Waals surface area (Å²) in [6.45, 7) is 16.4. The Kier molecular flexibility index (Phi) is 23.1. The first-order valence-electron chi connectivity index (χ1n) is 22.2. The molecule has 1 aromatic carbocycles. The first-order chi connectivity index (χ1) is 30.0. The van der Waals surface area contributed by atoms with Gasteiger partial charge in [-0.15, -0.1) is 11.3 Å². The van der Waals surface area contributed by atoms with E-state index in [0.717, 1.165) is 44.7 Å². The molecule has 3 aliphatic rings. The number of cyclic esters (lactones) is 1. The van der Waals surface area contributed by atoms with E-state index in [-0.39, 0.29) is 111 Å². The Morgan fingerprint density at radius 3 is 2.40 bits per heavy atom. The van der Waals surface area contributed by atoms with Crippen molar-refractivity contribution in [2.45, 2.75) is 111 Å². The summed E-state index contributed by atoms with van der Waals surface area (Å²) in [7, 11) is 4.99. The molecule has 68 heavy (non-hydrogen) atoms. The quantitative estimate of drug-likeness (QED) is 0.162. The number of rotatable bonds is 10. The van der Waals surface area contributed by atoms with Gasteiger partial charge in [0.25, 0.3) is 5.91 Å². The molecule has 15 nitrogen and oxygen atoms in total. The largest absolute Gasteiger partial charge is 0.464 e. The molecule has 2 saturated heterocycles. The van der Waals surface area contributed by atoms with Crippen LogP contribution in [0, 0.1) is 17.3 Å². The number of urea groups is 1. The van der Waals surface area contributed by atoms with Crippen molar-refractivity contribution in [1.82, 2.24) is 40.1 Å². The van der Waals surface area contributed by atoms with Crippen LogP contribution in [0.1, 0.15) is 83.7 Å². The van der Waals surface area contributed by atoms with Crippen LogP contribution >= 0.6 is 78.8 Å². The number of aromatic nitrogens is 3. The summed E-state index contributed by atoms with van der Waals surface area (Å²) in [6.07, 6.45) is 3.30. The van der Waals surface area contributed by atoms with E-state index >= 15 is 0 Å². The fourth-order valence-electron chi connectivity index (χ4n) is 9.25. The van der Waals surface area contributed by atoms with Gasteiger partial charge in [0.2, 0.25) is 5.91 Å². The summed E-state index contributed by atoms with van der Waals surface area (Å²) in [5.41, 5.74) is 9.37. The molecule has 6 bridgehead atoms. The average molecular weight is 1060 g/mol. The predicted octanol–water partition coefficient (Wildman–Crippen LogP) is 6.81. The lowest BCUT2D eigenvalue weighted by molar-refractivity contribution is -0.155. The summed E-state index contributed by atoms with van der Waals surface area (Å²) in [6, 6.07) is 7.53. The number of likely N-dealkylation sites (N-methyl/N-ethyl adjacent to an activating group) is 1. The number of benzene rings is 1. The summed E-state index contributed by atoms with van der Waals surface area (Å²) >= 11 is 1.42. The van der Waals surface area contributed by atoms with Crippen molar-refractivity contribution in [2.24, 2.45) is 17.3 Å². The summed E-state index contributed by atoms with van der Waals surface area (Å²) in [5.74, 6) is -1.32. The van der Waals surface area contributed by atoms with Gasteiger partial charge < -0.3 is 33.9 Å². The van der Waals surface area contributed by atoms with Gasteiger partial charge >= 0.3 is 12.0 Å². The highest BCUT2D eigenvalue weighted by atomic mass is 32.1. The van der Waals surface area contributed by atoms with Crippen molar-refractivity contribution in [3.05, 3.63) is 58.2 Å². The maximum Gasteiger partial charge on any atom is 0.324 e. The number of hydrazine groups is 1. The molecule has 4 aromatic rings. The molecule has 0 radical (unpaired) electrons. The van der Waals surface area contributed by atoms with Crippen molar-refractivity contribution in [2.75, 3.05) is 47.5 Å². The maximum atomic E-state index is 14.6. The van der Waals surface area contributed by atoms with Crippen molar-refractivity contribution in [3.63, 3.8) is 0 Å². The van der Waals surface area contributed by atoms with Gasteiger partial charge in [-0.1, -0.05) is 33.8 Å². The molecule has 3 aliphatic heterocycles. The highest BCUT2D eigenvalue weighted by Crippen LogP contribution is 2.42. The number of methoxy groups -OCH3 is 2. The minimum atomic E-state index is -1.05. The van der Waals surface area contributed by atoms with Gasteiger partial charge in [0, 0.05) is 98.8 Å². The number of carbonyl (C=O) groups is 4. The van der Waals surface area contributed by atoms with E-state index in [1.165, 1.54) is 21.2 Å². The van der Waals surface area contributed by atoms with Crippen LogP contribution in [-0.4, -0.2) is 125 Å². The Bertz CT molecular complexity index is 2340. The van der Waals surface area contributed by atoms with Crippen LogP contribution in [0.5, 0.6) is 0 Å². The molecule has 0 aliphatic carbocycles. The molecule has 21 heteroatoms. The Morgan fingerprint density at radius 1 is 1.04 bits per heavy atom. The van der Waals surface area contributed by atoms with Crippen LogP contribution in [0.25, 0.3) is 33.4 Å². The zero-order chi connectivity index (χ0) is 45.3. The van der Waals surface area contributed by atoms with Crippen LogP contribution in [0.2, 0.25) is 0 Å². The zero-order valence-corrected chi connectivity index (χ0v) is 46.7. The maximum absolute atomic E-state index is 14.6. The minimum Gasteiger partial charge on any atom is -0.464 e. The number of pyridine rings is 1. The van der Waals surface area contributed by atoms with Crippen LogP contribution < -0.4 is 10.7 Å². The standard InChI is InChI=1S/C47H64N8O7S.5H2S/c1-11-54-38-17-16-30-20-33(38)34(42(54)32-14-12-18-48-40(32)29(5)61-10)22-47(6,7)26-62-45(58)35-15-13-19-55(51-35)44(57)36(21-39-49-37(30)25-63-39)50-43(56)41(27(2)3)52(8)46(59)53-23-31(24-53)28(4)60-9;;;;;/h12,14,16-18,20,25,27-29,31,35-36,41,51H,11,13,15,19,21-24,26H2,1-10H3,(H,50,56);5*1H2/t28-,29-,35-,36-,41-;;;;;/m0...../s1. The first-order valence-corrected chi connectivity index (χ1v) is 23.1. The second-order valence-corrected chi connectivity index (χ2v) is 19.4. The van der Waals surface area contributed by atoms with Crippen LogP contribution in [0.15, 0.2) is 41.9 Å². The van der Waals surface area contributed by atoms with Gasteiger partial charge in [-0.05, 0) is 75.8 Å². The fraction of sp³-hybridized carbons (Fsp3) is 0.574. The highest BCUT2D eigenvalue weighted by molar-refractivity contribution is 7.60. The number of likely N-dealkylation sites (tertiary alicyclic amines) is 1. The molecule has 6 heterocycles. The Hall–Kier alpha value is -3.15. The number of carbonyl (C=O) groups excluding carboxylic acids is 4. The molecule has 4 amide bonds. The minimum absolute atomic E-state index is 0. The van der Waals surface area contributed by atoms with Crippen LogP contribution in [0.3, 0.4) is 0 Å². The van der Waals surface area contributed by atoms with Gasteiger partial charge in [0.05, 0.1) is 40.9 Å². The SMILES string of the molecule is CCn1c(-c2cccnc2[C@H](C)OC)c2c3cc(ccc31)-c1csc(n1)C[C@H](NC(=O)[C@H](C(C)C)N(C)C(=O)N1CC([C@H](C)OC)C1)C(=O)N1CCC[C@H](N1)C(=O)OCC(C)(C)C2.S.S.S.S.S. The van der Waals surface area contributed by atoms with Crippen LogP contribution in [0.4, 0.5) is 4.79 Å². The Morgan fingerprint density at radius 2 is 1.75 bits per heavy atom. The lowest BCUT2D eigenvalue weighted by Gasteiger charge is -2.45. The number of amides is 4. The van der Waals surface area contributed by atoms with Gasteiger partial charge in [-0.3, -0.25) is 24.4 Å². The van der Waals surface area contributed by atoms with Crippen molar-refractivity contribution in [3.8, 4) is 22.5 Å². The number of nitrogens with one attached hydrogen (secondary N) is 2. The number of hydrogen-bond donors (Lipinski definition) is 2. The molecule has 0 saturated carbocycles. The number of aryl methyl sites for hydroxylation is 1. The number of nitrogens with zero attached hydrogens (tertiary/aromatic N) is 6. The fourth-order valence-corrected chi connectivity index (χ4v) is 10.1. The second kappa shape index (κ2) is 25.8.